The van der Waals surface area contributed by atoms with Crippen LogP contribution >= 0.6 is 11.8 Å². The van der Waals surface area contributed by atoms with E-state index < -0.39 is 102 Å². The van der Waals surface area contributed by atoms with Crippen LogP contribution in [0.5, 0.6) is 0 Å². The average Bonchev–Trinajstić information content (AvgIpc) is 3.16. The molecule has 2 rings (SSSR count). The third kappa shape index (κ3) is 17.8. The van der Waals surface area contributed by atoms with Crippen LogP contribution in [0.1, 0.15) is 58.1 Å². The van der Waals surface area contributed by atoms with Gasteiger partial charge >= 0.3 is 5.97 Å². The van der Waals surface area contributed by atoms with Crippen LogP contribution in [0.15, 0.2) is 60.7 Å². The van der Waals surface area contributed by atoms with Gasteiger partial charge in [0.25, 0.3) is 0 Å². The van der Waals surface area contributed by atoms with E-state index >= 15 is 0 Å². The summed E-state index contributed by atoms with van der Waals surface area (Å²) in [6, 6.07) is 10.4. The predicted octanol–water partition coefficient (Wildman–Crippen LogP) is -0.245. The Bertz CT molecular complexity index is 1700. The van der Waals surface area contributed by atoms with Crippen molar-refractivity contribution >= 4 is 59.1 Å². The quantitative estimate of drug-likeness (QED) is 0.0630. The smallest absolute Gasteiger partial charge is 0.305 e. The van der Waals surface area contributed by atoms with E-state index in [-0.39, 0.29) is 25.2 Å². The number of carbonyl (C=O) groups is 8. The van der Waals surface area contributed by atoms with Crippen molar-refractivity contribution in [2.24, 2.45) is 23.3 Å². The summed E-state index contributed by atoms with van der Waals surface area (Å²) in [5.74, 6) is -6.30. The molecule has 0 fully saturated rings. The molecule has 58 heavy (non-hydrogen) atoms. The molecule has 318 valence electrons. The van der Waals surface area contributed by atoms with Crippen molar-refractivity contribution in [3.8, 4) is 0 Å². The van der Waals surface area contributed by atoms with Crippen LogP contribution in [0.25, 0.3) is 0 Å². The maximum atomic E-state index is 14.0. The highest BCUT2D eigenvalue weighted by Gasteiger charge is 2.33. The van der Waals surface area contributed by atoms with Gasteiger partial charge in [0.05, 0.1) is 19.0 Å². The lowest BCUT2D eigenvalue weighted by atomic mass is 10.00. The van der Waals surface area contributed by atoms with E-state index in [2.05, 4.69) is 31.9 Å². The molecule has 11 N–H and O–H groups in total. The summed E-state index contributed by atoms with van der Waals surface area (Å²) in [7, 11) is 0. The number of primary amides is 1. The molecule has 0 radical (unpaired) electrons. The van der Waals surface area contributed by atoms with Crippen LogP contribution in [0.2, 0.25) is 0 Å². The first kappa shape index (κ1) is 48.7. The Morgan fingerprint density at radius 3 is 1.60 bits per heavy atom. The molecule has 0 aliphatic heterocycles. The van der Waals surface area contributed by atoms with Gasteiger partial charge < -0.3 is 48.5 Å². The van der Waals surface area contributed by atoms with Gasteiger partial charge in [-0.15, -0.1) is 0 Å². The zero-order chi connectivity index (χ0) is 43.4. The van der Waals surface area contributed by atoms with Gasteiger partial charge in [0.2, 0.25) is 41.4 Å². The Labute approximate surface area is 343 Å². The summed E-state index contributed by atoms with van der Waals surface area (Å²) in [6.45, 7) is 6.52. The number of rotatable bonds is 25. The molecule has 6 atom stereocenters. The standard InChI is InChI=1S/C40H58N8O9S/c1-23(2)18-29(37(54)45-28(35(42)52)16-17-58-5)44-32(49)22-43-40(57)34(24(3)4)48-39(56)31(20-26-14-10-7-11-15-26)47-38(55)30(19-25-12-8-6-9-13-25)46-36(53)27(41)21-33(50)51/h6-15,23-24,27-31,34H,16-22,41H2,1-5H3,(H2,42,52)(H,43,57)(H,44,49)(H,45,54)(H,46,53)(H,47,55)(H,48,56)(H,50,51)/t27-,28-,29-,30-,31-,34-/m0/s1. The molecule has 0 saturated carbocycles. The maximum Gasteiger partial charge on any atom is 0.305 e. The van der Waals surface area contributed by atoms with Gasteiger partial charge in [0.15, 0.2) is 0 Å². The molecule has 18 heteroatoms. The van der Waals surface area contributed by atoms with Crippen LogP contribution in [-0.2, 0) is 51.2 Å². The highest BCUT2D eigenvalue weighted by molar-refractivity contribution is 7.98. The third-order valence-corrected chi connectivity index (χ3v) is 9.51. The number of carboxylic acids is 1. The number of nitrogens with two attached hydrogens (primary N) is 2. The summed E-state index contributed by atoms with van der Waals surface area (Å²) < 4.78 is 0. The Kier molecular flexibility index (Phi) is 21.0. The van der Waals surface area contributed by atoms with Gasteiger partial charge in [-0.1, -0.05) is 88.4 Å². The van der Waals surface area contributed by atoms with E-state index in [4.69, 9.17) is 16.6 Å². The van der Waals surface area contributed by atoms with Crippen LogP contribution in [0, 0.1) is 11.8 Å². The van der Waals surface area contributed by atoms with Gasteiger partial charge in [-0.05, 0) is 47.8 Å². The molecule has 0 unspecified atom stereocenters. The van der Waals surface area contributed by atoms with Crippen LogP contribution in [0.3, 0.4) is 0 Å². The molecule has 0 bridgehead atoms. The molecule has 0 aliphatic carbocycles. The van der Waals surface area contributed by atoms with Gasteiger partial charge in [-0.2, -0.15) is 11.8 Å². The fourth-order valence-corrected chi connectivity index (χ4v) is 6.23. The van der Waals surface area contributed by atoms with E-state index in [1.807, 2.05) is 20.1 Å². The summed E-state index contributed by atoms with van der Waals surface area (Å²) in [6.07, 6.45) is 1.71. The van der Waals surface area contributed by atoms with Crippen molar-refractivity contribution in [3.63, 3.8) is 0 Å². The van der Waals surface area contributed by atoms with Gasteiger partial charge in [-0.3, -0.25) is 38.4 Å². The van der Waals surface area contributed by atoms with E-state index in [1.165, 1.54) is 11.8 Å². The molecule has 2 aromatic carbocycles. The topological polar surface area (TPSA) is 281 Å². The maximum absolute atomic E-state index is 14.0. The number of thioether (sulfide) groups is 1. The van der Waals surface area contributed by atoms with Crippen molar-refractivity contribution in [3.05, 3.63) is 71.8 Å². The fourth-order valence-electron chi connectivity index (χ4n) is 5.76. The predicted molar refractivity (Wildman–Crippen MR) is 220 cm³/mol. The van der Waals surface area contributed by atoms with Crippen molar-refractivity contribution < 1.29 is 43.5 Å². The van der Waals surface area contributed by atoms with Crippen LogP contribution in [0.4, 0.5) is 0 Å². The number of amides is 7. The number of benzene rings is 2. The minimum atomic E-state index is -1.44. The lowest BCUT2D eigenvalue weighted by Gasteiger charge is -2.27. The first-order valence-corrected chi connectivity index (χ1v) is 20.4. The zero-order valence-corrected chi connectivity index (χ0v) is 34.4. The Hall–Kier alpha value is -5.49. The summed E-state index contributed by atoms with van der Waals surface area (Å²) >= 11 is 1.48. The molecule has 0 saturated heterocycles. The van der Waals surface area contributed by atoms with Crippen LogP contribution in [-0.4, -0.2) is 107 Å². The molecular weight excluding hydrogens is 769 g/mol. The number of nitrogens with one attached hydrogen (secondary N) is 6. The second kappa shape index (κ2) is 25.0. The molecule has 0 aromatic heterocycles. The highest BCUT2D eigenvalue weighted by atomic mass is 32.2. The summed E-state index contributed by atoms with van der Waals surface area (Å²) in [4.78, 5) is 103. The van der Waals surface area contributed by atoms with Gasteiger partial charge in [-0.25, -0.2) is 0 Å². The van der Waals surface area contributed by atoms with Gasteiger partial charge in [0.1, 0.15) is 30.2 Å². The Balaban J connectivity index is 2.25. The van der Waals surface area contributed by atoms with Crippen molar-refractivity contribution in [2.75, 3.05) is 18.6 Å². The number of carboxylic acid groups (broad SMARTS) is 1. The molecule has 7 amide bonds. The monoisotopic (exact) mass is 826 g/mol. The first-order valence-electron chi connectivity index (χ1n) is 19.0. The second-order valence-electron chi connectivity index (χ2n) is 14.6. The Morgan fingerprint density at radius 1 is 0.655 bits per heavy atom. The highest BCUT2D eigenvalue weighted by Crippen LogP contribution is 2.11. The van der Waals surface area contributed by atoms with Crippen molar-refractivity contribution in [1.29, 1.82) is 0 Å². The SMILES string of the molecule is CSCC[C@H](NC(=O)[C@H](CC(C)C)NC(=O)CNC(=O)[C@@H](NC(=O)[C@H](Cc1ccccc1)NC(=O)[C@H](Cc1ccccc1)NC(=O)[C@@H](N)CC(=O)O)C(C)C)C(N)=O. The molecule has 0 spiro atoms. The van der Waals surface area contributed by atoms with E-state index in [0.717, 1.165) is 0 Å². The van der Waals surface area contributed by atoms with E-state index in [1.54, 1.807) is 74.5 Å². The normalized spacial score (nSPS) is 14.1. The molecule has 17 nitrogen and oxygen atoms in total. The minimum absolute atomic E-state index is 0.00895. The lowest BCUT2D eigenvalue weighted by Crippen LogP contribution is -2.60. The Morgan fingerprint density at radius 2 is 1.14 bits per heavy atom. The van der Waals surface area contributed by atoms with E-state index in [0.29, 0.717) is 23.3 Å². The summed E-state index contributed by atoms with van der Waals surface area (Å²) in [5, 5.41) is 24.8. The zero-order valence-electron chi connectivity index (χ0n) is 33.6. The molecule has 0 aliphatic rings. The second-order valence-corrected chi connectivity index (χ2v) is 15.6. The summed E-state index contributed by atoms with van der Waals surface area (Å²) in [5.41, 5.74) is 12.6. The first-order chi connectivity index (χ1) is 27.4. The fraction of sp³-hybridized carbons (Fsp3) is 0.500. The minimum Gasteiger partial charge on any atom is -0.481 e. The third-order valence-electron chi connectivity index (χ3n) is 8.86. The largest absolute Gasteiger partial charge is 0.481 e. The molecule has 2 aromatic rings. The lowest BCUT2D eigenvalue weighted by molar-refractivity contribution is -0.140. The van der Waals surface area contributed by atoms with Crippen LogP contribution < -0.4 is 43.4 Å². The number of hydrogen-bond donors (Lipinski definition) is 9. The number of carbonyl (C=O) groups excluding carboxylic acids is 7. The van der Waals surface area contributed by atoms with E-state index in [9.17, 15) is 38.4 Å². The van der Waals surface area contributed by atoms with Crippen molar-refractivity contribution in [1.82, 2.24) is 31.9 Å². The van der Waals surface area contributed by atoms with Gasteiger partial charge in [0, 0.05) is 12.8 Å². The number of aliphatic carboxylic acids is 1. The average molecular weight is 827 g/mol. The molecule has 0 heterocycles. The van der Waals surface area contributed by atoms with Crippen molar-refractivity contribution in [2.45, 2.75) is 96.1 Å². The number of hydrogen-bond acceptors (Lipinski definition) is 10. The molecular formula is C40H58N8O9S.